The molecule has 1 aromatic heterocycles. The summed E-state index contributed by atoms with van der Waals surface area (Å²) in [6, 6.07) is 16.2. The number of H-pyrrole nitrogens is 1. The molecule has 102 valence electrons. The molecule has 4 heteroatoms. The Labute approximate surface area is 121 Å². The summed E-state index contributed by atoms with van der Waals surface area (Å²) in [4.78, 5) is 11.6. The quantitative estimate of drug-likeness (QED) is 0.755. The fourth-order valence-corrected chi connectivity index (χ4v) is 2.69. The third-order valence-corrected chi connectivity index (χ3v) is 3.80. The van der Waals surface area contributed by atoms with Crippen molar-refractivity contribution in [3.63, 3.8) is 0 Å². The summed E-state index contributed by atoms with van der Waals surface area (Å²) in [6.45, 7) is 0.613. The minimum absolute atomic E-state index is 0.0164. The summed E-state index contributed by atoms with van der Waals surface area (Å²) in [6.07, 6.45) is 1.74. The van der Waals surface area contributed by atoms with Gasteiger partial charge in [-0.25, -0.2) is 0 Å². The molecule has 0 aliphatic carbocycles. The number of nitrogens with one attached hydrogen (secondary N) is 2. The van der Waals surface area contributed by atoms with Crippen LogP contribution in [-0.2, 0) is 6.54 Å². The van der Waals surface area contributed by atoms with Gasteiger partial charge in [0.25, 0.3) is 5.91 Å². The molecule has 0 spiro atoms. The van der Waals surface area contributed by atoms with Crippen molar-refractivity contribution in [1.29, 1.82) is 0 Å². The minimum Gasteiger partial charge on any atom is -0.348 e. The van der Waals surface area contributed by atoms with Crippen LogP contribution >= 0.6 is 0 Å². The number of nitrogens with zero attached hydrogens (tertiary/aromatic N) is 1. The number of hydrogen-bond acceptors (Lipinski definition) is 2. The zero-order valence-corrected chi connectivity index (χ0v) is 11.3. The summed E-state index contributed by atoms with van der Waals surface area (Å²) < 4.78 is 0. The van der Waals surface area contributed by atoms with E-state index in [0.717, 1.165) is 33.5 Å². The predicted octanol–water partition coefficient (Wildman–Crippen LogP) is 2.99. The second-order valence-corrected chi connectivity index (χ2v) is 5.11. The van der Waals surface area contributed by atoms with Gasteiger partial charge in [-0.15, -0.1) is 0 Å². The summed E-state index contributed by atoms with van der Waals surface area (Å²) in [5.74, 6) is 0.0164. The van der Waals surface area contributed by atoms with E-state index in [0.29, 0.717) is 6.54 Å². The molecule has 0 saturated heterocycles. The summed E-state index contributed by atoms with van der Waals surface area (Å²) >= 11 is 0. The number of rotatable bonds is 2. The van der Waals surface area contributed by atoms with Crippen molar-refractivity contribution in [3.8, 4) is 22.4 Å². The van der Waals surface area contributed by atoms with E-state index in [-0.39, 0.29) is 5.91 Å². The molecule has 2 N–H and O–H groups in total. The van der Waals surface area contributed by atoms with Crippen LogP contribution in [0.1, 0.15) is 15.9 Å². The van der Waals surface area contributed by atoms with Gasteiger partial charge in [0.05, 0.1) is 5.69 Å². The molecule has 0 fully saturated rings. The van der Waals surface area contributed by atoms with Gasteiger partial charge in [-0.1, -0.05) is 24.3 Å². The Morgan fingerprint density at radius 3 is 2.67 bits per heavy atom. The molecular formula is C17H13N3O. The van der Waals surface area contributed by atoms with E-state index in [1.165, 1.54) is 0 Å². The third kappa shape index (κ3) is 2.01. The molecule has 0 atom stereocenters. The number of benzene rings is 2. The molecule has 0 radical (unpaired) electrons. The smallest absolute Gasteiger partial charge is 0.251 e. The summed E-state index contributed by atoms with van der Waals surface area (Å²) in [7, 11) is 0. The Hall–Kier alpha value is -2.88. The first-order valence-electron chi connectivity index (χ1n) is 6.82. The number of hydrogen-bond donors (Lipinski definition) is 2. The van der Waals surface area contributed by atoms with Crippen LogP contribution in [0.4, 0.5) is 0 Å². The van der Waals surface area contributed by atoms with Gasteiger partial charge in [0, 0.05) is 23.9 Å². The van der Waals surface area contributed by atoms with Crippen molar-refractivity contribution in [1.82, 2.24) is 15.5 Å². The molecule has 2 aromatic carbocycles. The van der Waals surface area contributed by atoms with Gasteiger partial charge in [-0.2, -0.15) is 5.10 Å². The van der Waals surface area contributed by atoms with Crippen LogP contribution in [0, 0.1) is 0 Å². The highest BCUT2D eigenvalue weighted by atomic mass is 16.1. The molecule has 2 heterocycles. The SMILES string of the molecule is O=C1NCc2cc(-c3cccc(-c4ccn[nH]4)c3)ccc21. The lowest BCUT2D eigenvalue weighted by Gasteiger charge is -2.06. The van der Waals surface area contributed by atoms with Gasteiger partial charge in [0.15, 0.2) is 0 Å². The van der Waals surface area contributed by atoms with Crippen molar-refractivity contribution >= 4 is 5.91 Å². The minimum atomic E-state index is 0.0164. The van der Waals surface area contributed by atoms with Gasteiger partial charge >= 0.3 is 0 Å². The highest BCUT2D eigenvalue weighted by molar-refractivity contribution is 5.98. The number of aromatic nitrogens is 2. The van der Waals surface area contributed by atoms with E-state index in [9.17, 15) is 4.79 Å². The highest BCUT2D eigenvalue weighted by Crippen LogP contribution is 2.28. The zero-order valence-electron chi connectivity index (χ0n) is 11.3. The molecule has 0 unspecified atom stereocenters. The summed E-state index contributed by atoms with van der Waals surface area (Å²) in [5.41, 5.74) is 6.18. The molecule has 1 amide bonds. The van der Waals surface area contributed by atoms with Crippen LogP contribution in [0.25, 0.3) is 22.4 Å². The van der Waals surface area contributed by atoms with Crippen molar-refractivity contribution in [2.75, 3.05) is 0 Å². The van der Waals surface area contributed by atoms with Crippen molar-refractivity contribution in [2.45, 2.75) is 6.54 Å². The molecular weight excluding hydrogens is 262 g/mol. The van der Waals surface area contributed by atoms with Gasteiger partial charge in [-0.3, -0.25) is 9.89 Å². The highest BCUT2D eigenvalue weighted by Gasteiger charge is 2.18. The average molecular weight is 275 g/mol. The number of fused-ring (bicyclic) bond motifs is 1. The molecule has 3 aromatic rings. The van der Waals surface area contributed by atoms with Crippen LogP contribution in [0.5, 0.6) is 0 Å². The fraction of sp³-hybridized carbons (Fsp3) is 0.0588. The first-order valence-corrected chi connectivity index (χ1v) is 6.82. The lowest BCUT2D eigenvalue weighted by Crippen LogP contribution is -2.12. The monoisotopic (exact) mass is 275 g/mol. The standard InChI is InChI=1S/C17H13N3O/c21-17-15-5-4-12(9-14(15)10-18-17)11-2-1-3-13(8-11)16-6-7-19-20-16/h1-9H,10H2,(H,18,21)(H,19,20). The lowest BCUT2D eigenvalue weighted by atomic mass is 9.98. The maximum absolute atomic E-state index is 11.6. The molecule has 4 rings (SSSR count). The number of carbonyl (C=O) groups is 1. The lowest BCUT2D eigenvalue weighted by molar-refractivity contribution is 0.0966. The molecule has 0 saturated carbocycles. The Balaban J connectivity index is 1.77. The second kappa shape index (κ2) is 4.59. The van der Waals surface area contributed by atoms with Gasteiger partial charge in [-0.05, 0) is 41.0 Å². The van der Waals surface area contributed by atoms with Crippen LogP contribution in [0.15, 0.2) is 54.7 Å². The zero-order chi connectivity index (χ0) is 14.2. The topological polar surface area (TPSA) is 57.8 Å². The number of amides is 1. The number of carbonyl (C=O) groups excluding carboxylic acids is 1. The van der Waals surface area contributed by atoms with Gasteiger partial charge in [0.2, 0.25) is 0 Å². The van der Waals surface area contributed by atoms with E-state index in [1.54, 1.807) is 6.20 Å². The van der Waals surface area contributed by atoms with Crippen LogP contribution in [-0.4, -0.2) is 16.1 Å². The van der Waals surface area contributed by atoms with Crippen molar-refractivity contribution < 1.29 is 4.79 Å². The Bertz CT molecular complexity index is 822. The van der Waals surface area contributed by atoms with Gasteiger partial charge < -0.3 is 5.32 Å². The number of aromatic amines is 1. The maximum Gasteiger partial charge on any atom is 0.251 e. The second-order valence-electron chi connectivity index (χ2n) is 5.11. The van der Waals surface area contributed by atoms with Crippen LogP contribution in [0.2, 0.25) is 0 Å². The van der Waals surface area contributed by atoms with E-state index in [2.05, 4.69) is 39.8 Å². The molecule has 21 heavy (non-hydrogen) atoms. The first kappa shape index (κ1) is 11.9. The van der Waals surface area contributed by atoms with Crippen LogP contribution < -0.4 is 5.32 Å². The van der Waals surface area contributed by atoms with Gasteiger partial charge in [0.1, 0.15) is 0 Å². The molecule has 0 bridgehead atoms. The Morgan fingerprint density at radius 1 is 0.952 bits per heavy atom. The molecule has 1 aliphatic heterocycles. The van der Waals surface area contributed by atoms with E-state index in [1.807, 2.05) is 24.3 Å². The molecule has 1 aliphatic rings. The Morgan fingerprint density at radius 2 is 1.81 bits per heavy atom. The predicted molar refractivity (Wildman–Crippen MR) is 80.6 cm³/mol. The van der Waals surface area contributed by atoms with E-state index >= 15 is 0 Å². The van der Waals surface area contributed by atoms with E-state index in [4.69, 9.17) is 0 Å². The summed E-state index contributed by atoms with van der Waals surface area (Å²) in [5, 5.41) is 9.81. The fourth-order valence-electron chi connectivity index (χ4n) is 2.69. The molecule has 4 nitrogen and oxygen atoms in total. The van der Waals surface area contributed by atoms with Crippen molar-refractivity contribution in [2.24, 2.45) is 0 Å². The average Bonchev–Trinajstić information content (AvgIpc) is 3.18. The first-order chi connectivity index (χ1) is 10.3. The maximum atomic E-state index is 11.6. The third-order valence-electron chi connectivity index (χ3n) is 3.80. The Kier molecular flexibility index (Phi) is 2.60. The van der Waals surface area contributed by atoms with E-state index < -0.39 is 0 Å². The largest absolute Gasteiger partial charge is 0.348 e. The normalized spacial score (nSPS) is 13.0. The van der Waals surface area contributed by atoms with Crippen LogP contribution in [0.3, 0.4) is 0 Å². The van der Waals surface area contributed by atoms with Crippen molar-refractivity contribution in [3.05, 3.63) is 65.9 Å².